The lowest BCUT2D eigenvalue weighted by atomic mass is 9.71. The maximum absolute atomic E-state index is 14.6. The molecule has 1 aliphatic rings. The Bertz CT molecular complexity index is 1080. The van der Waals surface area contributed by atoms with Crippen LogP contribution in [0.4, 0.5) is 19.0 Å². The number of nitrogens with zero attached hydrogens (tertiary/aromatic N) is 3. The molecule has 3 aromatic rings. The summed E-state index contributed by atoms with van der Waals surface area (Å²) >= 11 is 0. The maximum Gasteiger partial charge on any atom is 0.254 e. The van der Waals surface area contributed by atoms with Gasteiger partial charge in [0.25, 0.3) is 5.92 Å². The van der Waals surface area contributed by atoms with Gasteiger partial charge < -0.3 is 10.1 Å². The summed E-state index contributed by atoms with van der Waals surface area (Å²) in [7, 11) is 0. The average molecular weight is 456 g/mol. The smallest absolute Gasteiger partial charge is 0.254 e. The number of ether oxygens (including phenoxy) is 1. The molecule has 2 aromatic heterocycles. The van der Waals surface area contributed by atoms with E-state index in [0.29, 0.717) is 11.3 Å². The highest BCUT2D eigenvalue weighted by Gasteiger charge is 2.47. The number of pyridine rings is 1. The fourth-order valence-electron chi connectivity index (χ4n) is 4.09. The number of carbonyl (C=O) groups is 1. The molecule has 172 valence electrons. The number of nitrogens with one attached hydrogen (secondary N) is 1. The van der Waals surface area contributed by atoms with Crippen molar-refractivity contribution < 1.29 is 22.7 Å². The molecule has 0 aliphatic heterocycles. The minimum absolute atomic E-state index is 0.183. The molecule has 4 rings (SSSR count). The van der Waals surface area contributed by atoms with Gasteiger partial charge in [-0.15, -0.1) is 0 Å². The van der Waals surface area contributed by atoms with Crippen molar-refractivity contribution in [2.45, 2.75) is 38.0 Å². The SMILES string of the molecule is CC(C(=O)Nc1cnc(Oc2ccc(F)cc2)cn1)[C@H]1CCC(F)(F)[C@@H](c2ccncc2)C1. The van der Waals surface area contributed by atoms with Crippen molar-refractivity contribution in [3.63, 3.8) is 0 Å². The first-order chi connectivity index (χ1) is 15.8. The zero-order valence-electron chi connectivity index (χ0n) is 17.9. The van der Waals surface area contributed by atoms with Crippen LogP contribution < -0.4 is 10.1 Å². The molecule has 0 radical (unpaired) electrons. The van der Waals surface area contributed by atoms with E-state index in [1.54, 1.807) is 19.1 Å². The molecule has 1 N–H and O–H groups in total. The summed E-state index contributed by atoms with van der Waals surface area (Å²) in [5.41, 5.74) is 0.537. The summed E-state index contributed by atoms with van der Waals surface area (Å²) in [5.74, 6) is -4.33. The third-order valence-electron chi connectivity index (χ3n) is 6.04. The van der Waals surface area contributed by atoms with E-state index >= 15 is 0 Å². The van der Waals surface area contributed by atoms with Crippen LogP contribution >= 0.6 is 0 Å². The van der Waals surface area contributed by atoms with Gasteiger partial charge in [-0.1, -0.05) is 6.92 Å². The van der Waals surface area contributed by atoms with Crippen LogP contribution in [-0.2, 0) is 4.79 Å². The maximum atomic E-state index is 14.6. The number of aromatic nitrogens is 3. The number of hydrogen-bond acceptors (Lipinski definition) is 5. The fourth-order valence-corrected chi connectivity index (χ4v) is 4.09. The Morgan fingerprint density at radius 3 is 2.52 bits per heavy atom. The zero-order chi connectivity index (χ0) is 23.4. The molecule has 9 heteroatoms. The van der Waals surface area contributed by atoms with Gasteiger partial charge in [0.1, 0.15) is 11.6 Å². The molecule has 1 aromatic carbocycles. The second-order valence-electron chi connectivity index (χ2n) is 8.20. The molecule has 1 fully saturated rings. The summed E-state index contributed by atoms with van der Waals surface area (Å²) < 4.78 is 47.6. The summed E-state index contributed by atoms with van der Waals surface area (Å²) in [5, 5.41) is 2.70. The Morgan fingerprint density at radius 2 is 1.85 bits per heavy atom. The number of rotatable bonds is 6. The third kappa shape index (κ3) is 5.47. The van der Waals surface area contributed by atoms with E-state index in [1.807, 2.05) is 0 Å². The molecule has 0 bridgehead atoms. The van der Waals surface area contributed by atoms with E-state index in [-0.39, 0.29) is 48.6 Å². The molecule has 2 heterocycles. The Hall–Kier alpha value is -3.49. The molecule has 1 saturated carbocycles. The number of halogens is 3. The van der Waals surface area contributed by atoms with Gasteiger partial charge in [0.05, 0.1) is 12.4 Å². The largest absolute Gasteiger partial charge is 0.438 e. The van der Waals surface area contributed by atoms with Crippen molar-refractivity contribution in [2.24, 2.45) is 11.8 Å². The third-order valence-corrected chi connectivity index (χ3v) is 6.04. The van der Waals surface area contributed by atoms with Crippen LogP contribution in [0.1, 0.15) is 37.7 Å². The molecule has 6 nitrogen and oxygen atoms in total. The highest BCUT2D eigenvalue weighted by atomic mass is 19.3. The van der Waals surface area contributed by atoms with Crippen LogP contribution in [0, 0.1) is 17.7 Å². The molecule has 1 unspecified atom stereocenters. The van der Waals surface area contributed by atoms with Crippen LogP contribution in [-0.4, -0.2) is 26.8 Å². The van der Waals surface area contributed by atoms with Gasteiger partial charge in [-0.25, -0.2) is 23.1 Å². The van der Waals surface area contributed by atoms with E-state index in [0.717, 1.165) is 0 Å². The molecule has 1 aliphatic carbocycles. The van der Waals surface area contributed by atoms with Gasteiger partial charge >= 0.3 is 0 Å². The quantitative estimate of drug-likeness (QED) is 0.523. The van der Waals surface area contributed by atoms with Crippen LogP contribution in [0.2, 0.25) is 0 Å². The highest BCUT2D eigenvalue weighted by molar-refractivity contribution is 5.91. The Kier molecular flexibility index (Phi) is 6.57. The minimum atomic E-state index is -2.82. The molecule has 33 heavy (non-hydrogen) atoms. The Balaban J connectivity index is 1.37. The summed E-state index contributed by atoms with van der Waals surface area (Å²) in [4.78, 5) is 24.9. The number of alkyl halides is 2. The number of benzene rings is 1. The molecular weight excluding hydrogens is 433 g/mol. The van der Waals surface area contributed by atoms with Gasteiger partial charge in [-0.3, -0.25) is 9.78 Å². The summed E-state index contributed by atoms with van der Waals surface area (Å²) in [6.07, 6.45) is 5.90. The fraction of sp³-hybridized carbons (Fsp3) is 0.333. The highest BCUT2D eigenvalue weighted by Crippen LogP contribution is 2.48. The predicted octanol–water partition coefficient (Wildman–Crippen LogP) is 5.60. The van der Waals surface area contributed by atoms with Crippen LogP contribution in [0.5, 0.6) is 11.6 Å². The van der Waals surface area contributed by atoms with Crippen molar-refractivity contribution in [2.75, 3.05) is 5.32 Å². The first-order valence-electron chi connectivity index (χ1n) is 10.7. The van der Waals surface area contributed by atoms with E-state index in [1.165, 1.54) is 49.1 Å². The number of carbonyl (C=O) groups excluding carboxylic acids is 1. The van der Waals surface area contributed by atoms with Crippen LogP contribution in [0.3, 0.4) is 0 Å². The zero-order valence-corrected chi connectivity index (χ0v) is 17.9. The minimum Gasteiger partial charge on any atom is -0.438 e. The number of hydrogen-bond donors (Lipinski definition) is 1. The summed E-state index contributed by atoms with van der Waals surface area (Å²) in [6, 6.07) is 8.66. The molecule has 0 spiro atoms. The van der Waals surface area contributed by atoms with Gasteiger partial charge in [0.15, 0.2) is 5.82 Å². The second kappa shape index (κ2) is 9.56. The van der Waals surface area contributed by atoms with Gasteiger partial charge in [0, 0.05) is 30.7 Å². The van der Waals surface area contributed by atoms with E-state index in [4.69, 9.17) is 4.74 Å². The van der Waals surface area contributed by atoms with Crippen LogP contribution in [0.15, 0.2) is 61.2 Å². The topological polar surface area (TPSA) is 77.0 Å². The van der Waals surface area contributed by atoms with Crippen molar-refractivity contribution >= 4 is 11.7 Å². The predicted molar refractivity (Wildman–Crippen MR) is 116 cm³/mol. The van der Waals surface area contributed by atoms with Gasteiger partial charge in [-0.2, -0.15) is 0 Å². The van der Waals surface area contributed by atoms with Crippen molar-refractivity contribution in [3.8, 4) is 11.6 Å². The first kappa shape index (κ1) is 22.7. The monoisotopic (exact) mass is 456 g/mol. The van der Waals surface area contributed by atoms with E-state index in [9.17, 15) is 18.0 Å². The standard InChI is InChI=1S/C24H23F3N4O2/c1-15(17-6-9-24(26,27)20(12-17)16-7-10-28-11-8-16)23(32)31-21-13-30-22(14-29-21)33-19-4-2-18(25)3-5-19/h2-5,7-8,10-11,13-15,17,20H,6,9,12H2,1H3,(H,29,31,32)/t15?,17-,20+/m0/s1. The molecule has 1 amide bonds. The Labute approximate surface area is 189 Å². The lowest BCUT2D eigenvalue weighted by molar-refractivity contribution is -0.124. The molecule has 0 saturated heterocycles. The van der Waals surface area contributed by atoms with Crippen molar-refractivity contribution in [1.29, 1.82) is 0 Å². The van der Waals surface area contributed by atoms with Crippen molar-refractivity contribution in [3.05, 3.63) is 72.6 Å². The average Bonchev–Trinajstić information content (AvgIpc) is 2.82. The summed E-state index contributed by atoms with van der Waals surface area (Å²) in [6.45, 7) is 1.74. The number of anilines is 1. The van der Waals surface area contributed by atoms with Gasteiger partial charge in [0.2, 0.25) is 11.8 Å². The van der Waals surface area contributed by atoms with Gasteiger partial charge in [-0.05, 0) is 60.7 Å². The Morgan fingerprint density at radius 1 is 1.12 bits per heavy atom. The number of amides is 1. The molecule has 3 atom stereocenters. The van der Waals surface area contributed by atoms with E-state index in [2.05, 4.69) is 20.3 Å². The normalized spacial score (nSPS) is 20.6. The van der Waals surface area contributed by atoms with E-state index < -0.39 is 17.8 Å². The van der Waals surface area contributed by atoms with Crippen molar-refractivity contribution in [1.82, 2.24) is 15.0 Å². The first-order valence-corrected chi connectivity index (χ1v) is 10.7. The lowest BCUT2D eigenvalue weighted by Crippen LogP contribution is -2.38. The second-order valence-corrected chi connectivity index (χ2v) is 8.20. The van der Waals surface area contributed by atoms with Crippen LogP contribution in [0.25, 0.3) is 0 Å². The lowest BCUT2D eigenvalue weighted by Gasteiger charge is -2.38. The molecular formula is C24H23F3N4O2.